The number of hydrogen-bond donors (Lipinski definition) is 0. The van der Waals surface area contributed by atoms with Crippen LogP contribution in [0.2, 0.25) is 0 Å². The Hall–Kier alpha value is -2.90. The van der Waals surface area contributed by atoms with E-state index in [1.807, 2.05) is 26.0 Å². The second kappa shape index (κ2) is 6.92. The zero-order valence-electron chi connectivity index (χ0n) is 16.1. The van der Waals surface area contributed by atoms with Gasteiger partial charge in [-0.25, -0.2) is 4.98 Å². The standard InChI is InChI=1S/C21H22N6O/c1-14-17(4-3-7-22-14)21-25-24-20-15(2)23-18-6-5-16(12-19(18)27(20)21)13-26-8-10-28-11-9-26/h3-7,12H,8-11,13H2,1-2H3. The number of pyridine rings is 1. The number of aromatic nitrogens is 5. The zero-order chi connectivity index (χ0) is 19.1. The maximum absolute atomic E-state index is 5.47. The molecule has 0 unspecified atom stereocenters. The third-order valence-corrected chi connectivity index (χ3v) is 5.31. The van der Waals surface area contributed by atoms with Crippen LogP contribution in [0.15, 0.2) is 36.5 Å². The molecule has 3 aromatic heterocycles. The molecule has 0 saturated carbocycles. The lowest BCUT2D eigenvalue weighted by Gasteiger charge is -2.26. The average molecular weight is 374 g/mol. The molecule has 7 nitrogen and oxygen atoms in total. The van der Waals surface area contributed by atoms with E-state index in [1.165, 1.54) is 5.56 Å². The van der Waals surface area contributed by atoms with Gasteiger partial charge in [-0.05, 0) is 43.7 Å². The monoisotopic (exact) mass is 374 g/mol. The van der Waals surface area contributed by atoms with Gasteiger partial charge < -0.3 is 4.74 Å². The highest BCUT2D eigenvalue weighted by atomic mass is 16.5. The lowest BCUT2D eigenvalue weighted by molar-refractivity contribution is 0.0342. The molecule has 1 aliphatic rings. The van der Waals surface area contributed by atoms with Crippen LogP contribution >= 0.6 is 0 Å². The van der Waals surface area contributed by atoms with Crippen molar-refractivity contribution in [2.75, 3.05) is 26.3 Å². The minimum atomic E-state index is 0.786. The van der Waals surface area contributed by atoms with E-state index in [0.29, 0.717) is 0 Å². The van der Waals surface area contributed by atoms with Crippen molar-refractivity contribution in [2.24, 2.45) is 0 Å². The van der Waals surface area contributed by atoms with Crippen LogP contribution in [-0.4, -0.2) is 55.8 Å². The minimum absolute atomic E-state index is 0.786. The molecule has 0 spiro atoms. The third kappa shape index (κ3) is 2.93. The molecule has 1 aliphatic heterocycles. The Bertz CT molecular complexity index is 1160. The molecule has 4 aromatic rings. The smallest absolute Gasteiger partial charge is 0.183 e. The van der Waals surface area contributed by atoms with Crippen LogP contribution in [0, 0.1) is 13.8 Å². The molecule has 0 N–H and O–H groups in total. The predicted molar refractivity (Wildman–Crippen MR) is 107 cm³/mol. The van der Waals surface area contributed by atoms with Crippen molar-refractivity contribution < 1.29 is 4.74 Å². The molecular formula is C21H22N6O. The molecule has 0 atom stereocenters. The van der Waals surface area contributed by atoms with Crippen molar-refractivity contribution in [2.45, 2.75) is 20.4 Å². The number of morpholine rings is 1. The van der Waals surface area contributed by atoms with Crippen molar-refractivity contribution in [3.63, 3.8) is 0 Å². The second-order valence-corrected chi connectivity index (χ2v) is 7.23. The minimum Gasteiger partial charge on any atom is -0.379 e. The second-order valence-electron chi connectivity index (χ2n) is 7.23. The van der Waals surface area contributed by atoms with E-state index in [4.69, 9.17) is 9.72 Å². The van der Waals surface area contributed by atoms with Gasteiger partial charge in [0.25, 0.3) is 0 Å². The van der Waals surface area contributed by atoms with Gasteiger partial charge in [0.15, 0.2) is 11.5 Å². The first kappa shape index (κ1) is 17.2. The van der Waals surface area contributed by atoms with Gasteiger partial charge in [-0.15, -0.1) is 10.2 Å². The third-order valence-electron chi connectivity index (χ3n) is 5.31. The number of hydrogen-bond acceptors (Lipinski definition) is 6. The van der Waals surface area contributed by atoms with Crippen molar-refractivity contribution >= 4 is 16.7 Å². The molecule has 142 valence electrons. The normalized spacial score (nSPS) is 15.5. The fraction of sp³-hybridized carbons (Fsp3) is 0.333. The fourth-order valence-corrected chi connectivity index (χ4v) is 3.83. The molecule has 7 heteroatoms. The lowest BCUT2D eigenvalue weighted by atomic mass is 10.1. The van der Waals surface area contributed by atoms with Crippen LogP contribution in [0.4, 0.5) is 0 Å². The van der Waals surface area contributed by atoms with E-state index < -0.39 is 0 Å². The molecule has 0 bridgehead atoms. The van der Waals surface area contributed by atoms with Crippen LogP contribution < -0.4 is 0 Å². The average Bonchev–Trinajstić information content (AvgIpc) is 3.16. The first-order valence-electron chi connectivity index (χ1n) is 9.57. The van der Waals surface area contributed by atoms with Crippen molar-refractivity contribution in [1.29, 1.82) is 0 Å². The number of fused-ring (bicyclic) bond motifs is 3. The van der Waals surface area contributed by atoms with Crippen LogP contribution in [0.3, 0.4) is 0 Å². The Labute approximate surface area is 163 Å². The Morgan fingerprint density at radius 2 is 1.89 bits per heavy atom. The summed E-state index contributed by atoms with van der Waals surface area (Å²) >= 11 is 0. The number of aryl methyl sites for hydroxylation is 2. The van der Waals surface area contributed by atoms with E-state index in [1.54, 1.807) is 6.20 Å². The first-order chi connectivity index (χ1) is 13.7. The van der Waals surface area contributed by atoms with Crippen LogP contribution in [0.1, 0.15) is 17.0 Å². The van der Waals surface area contributed by atoms with E-state index >= 15 is 0 Å². The quantitative estimate of drug-likeness (QED) is 0.549. The summed E-state index contributed by atoms with van der Waals surface area (Å²) < 4.78 is 7.58. The zero-order valence-corrected chi connectivity index (χ0v) is 16.1. The van der Waals surface area contributed by atoms with Crippen molar-refractivity contribution in [3.05, 3.63) is 53.5 Å². The molecular weight excluding hydrogens is 352 g/mol. The Morgan fingerprint density at radius 3 is 2.71 bits per heavy atom. The van der Waals surface area contributed by atoms with E-state index in [-0.39, 0.29) is 0 Å². The first-order valence-corrected chi connectivity index (χ1v) is 9.57. The highest BCUT2D eigenvalue weighted by Gasteiger charge is 2.17. The van der Waals surface area contributed by atoms with E-state index in [2.05, 4.69) is 42.7 Å². The van der Waals surface area contributed by atoms with Gasteiger partial charge in [0, 0.05) is 37.1 Å². The summed E-state index contributed by atoms with van der Waals surface area (Å²) in [4.78, 5) is 11.6. The molecule has 1 saturated heterocycles. The SMILES string of the molecule is Cc1ncccc1-c1nnc2c(C)nc3ccc(CN4CCOCC4)cc3n12. The number of nitrogens with zero attached hydrogens (tertiary/aromatic N) is 6. The molecule has 1 fully saturated rings. The highest BCUT2D eigenvalue weighted by molar-refractivity contribution is 5.82. The fourth-order valence-electron chi connectivity index (χ4n) is 3.83. The maximum atomic E-state index is 5.47. The van der Waals surface area contributed by atoms with Crippen molar-refractivity contribution in [1.82, 2.24) is 29.5 Å². The Morgan fingerprint density at radius 1 is 1.04 bits per heavy atom. The van der Waals surface area contributed by atoms with Gasteiger partial charge in [0.2, 0.25) is 0 Å². The topological polar surface area (TPSA) is 68.4 Å². The summed E-state index contributed by atoms with van der Waals surface area (Å²) in [5.74, 6) is 0.805. The molecule has 28 heavy (non-hydrogen) atoms. The molecule has 4 heterocycles. The van der Waals surface area contributed by atoms with Crippen LogP contribution in [0.5, 0.6) is 0 Å². The summed E-state index contributed by atoms with van der Waals surface area (Å²) in [5.41, 5.74) is 6.80. The number of rotatable bonds is 3. The summed E-state index contributed by atoms with van der Waals surface area (Å²) in [6, 6.07) is 10.4. The van der Waals surface area contributed by atoms with Gasteiger partial charge >= 0.3 is 0 Å². The molecule has 0 aliphatic carbocycles. The van der Waals surface area contributed by atoms with E-state index in [9.17, 15) is 0 Å². The maximum Gasteiger partial charge on any atom is 0.183 e. The Balaban J connectivity index is 1.69. The largest absolute Gasteiger partial charge is 0.379 e. The number of ether oxygens (including phenoxy) is 1. The van der Waals surface area contributed by atoms with Gasteiger partial charge in [-0.2, -0.15) is 0 Å². The summed E-state index contributed by atoms with van der Waals surface area (Å²) in [5, 5.41) is 8.92. The summed E-state index contributed by atoms with van der Waals surface area (Å²) in [7, 11) is 0. The summed E-state index contributed by atoms with van der Waals surface area (Å²) in [6.45, 7) is 8.40. The summed E-state index contributed by atoms with van der Waals surface area (Å²) in [6.07, 6.45) is 1.80. The molecule has 0 amide bonds. The van der Waals surface area contributed by atoms with Crippen molar-refractivity contribution in [3.8, 4) is 11.4 Å². The molecule has 0 radical (unpaired) electrons. The van der Waals surface area contributed by atoms with Gasteiger partial charge in [-0.3, -0.25) is 14.3 Å². The molecule has 1 aromatic carbocycles. The predicted octanol–water partition coefficient (Wildman–Crippen LogP) is 2.79. The van der Waals surface area contributed by atoms with E-state index in [0.717, 1.165) is 72.3 Å². The highest BCUT2D eigenvalue weighted by Crippen LogP contribution is 2.26. The van der Waals surface area contributed by atoms with Gasteiger partial charge in [-0.1, -0.05) is 6.07 Å². The van der Waals surface area contributed by atoms with Crippen LogP contribution in [-0.2, 0) is 11.3 Å². The van der Waals surface area contributed by atoms with Crippen LogP contribution in [0.25, 0.3) is 28.1 Å². The van der Waals surface area contributed by atoms with Gasteiger partial charge in [0.1, 0.15) is 0 Å². The Kier molecular flexibility index (Phi) is 4.26. The lowest BCUT2D eigenvalue weighted by Crippen LogP contribution is -2.35. The molecule has 5 rings (SSSR count). The number of benzene rings is 1. The van der Waals surface area contributed by atoms with Gasteiger partial charge in [0.05, 0.1) is 29.9 Å².